The van der Waals surface area contributed by atoms with Crippen molar-refractivity contribution in [2.45, 2.75) is 32.4 Å². The molecule has 0 saturated carbocycles. The number of H-pyrrole nitrogens is 1. The van der Waals surface area contributed by atoms with Gasteiger partial charge in [0.2, 0.25) is 0 Å². The number of carbonyl (C=O) groups excluding carboxylic acids is 2. The van der Waals surface area contributed by atoms with Gasteiger partial charge in [-0.05, 0) is 61.2 Å². The number of aromatic nitrogens is 4. The van der Waals surface area contributed by atoms with Gasteiger partial charge in [-0.3, -0.25) is 15.1 Å². The lowest BCUT2D eigenvalue weighted by Crippen LogP contribution is -2.29. The molecule has 0 fully saturated rings. The summed E-state index contributed by atoms with van der Waals surface area (Å²) in [7, 11) is 0. The molecular formula is C30H26N6O3. The van der Waals surface area contributed by atoms with Gasteiger partial charge in [0, 0.05) is 23.5 Å². The number of nitrogens with one attached hydrogen (secondary N) is 3. The predicted molar refractivity (Wildman–Crippen MR) is 148 cm³/mol. The molecule has 3 heterocycles. The second kappa shape index (κ2) is 9.36. The monoisotopic (exact) mass is 518 g/mol. The Kier molecular flexibility index (Phi) is 5.83. The molecule has 2 aromatic carbocycles. The van der Waals surface area contributed by atoms with Crippen LogP contribution in [0, 0.1) is 0 Å². The van der Waals surface area contributed by atoms with Crippen molar-refractivity contribution in [3.05, 3.63) is 95.9 Å². The number of pyridine rings is 2. The Morgan fingerprint density at radius 1 is 0.949 bits per heavy atom. The Labute approximate surface area is 224 Å². The van der Waals surface area contributed by atoms with Gasteiger partial charge >= 0.3 is 6.09 Å². The van der Waals surface area contributed by atoms with Crippen molar-refractivity contribution in [2.75, 3.05) is 5.32 Å². The molecule has 0 aliphatic heterocycles. The molecule has 2 amide bonds. The summed E-state index contributed by atoms with van der Waals surface area (Å²) in [5.74, 6) is 0.673. The van der Waals surface area contributed by atoms with E-state index in [-0.39, 0.29) is 17.8 Å². The molecule has 0 unspecified atom stereocenters. The summed E-state index contributed by atoms with van der Waals surface area (Å²) >= 11 is 0. The zero-order valence-corrected chi connectivity index (χ0v) is 21.6. The fraction of sp³-hybridized carbons (Fsp3) is 0.167. The van der Waals surface area contributed by atoms with Gasteiger partial charge in [-0.25, -0.2) is 14.8 Å². The summed E-state index contributed by atoms with van der Waals surface area (Å²) in [6, 6.07) is 18.7. The van der Waals surface area contributed by atoms with Gasteiger partial charge in [0.05, 0.1) is 23.3 Å². The van der Waals surface area contributed by atoms with Crippen molar-refractivity contribution in [3.63, 3.8) is 0 Å². The summed E-state index contributed by atoms with van der Waals surface area (Å²) < 4.78 is 5.29. The van der Waals surface area contributed by atoms with Crippen molar-refractivity contribution in [1.82, 2.24) is 25.3 Å². The predicted octanol–water partition coefficient (Wildman–Crippen LogP) is 5.87. The molecule has 3 aromatic heterocycles. The van der Waals surface area contributed by atoms with Gasteiger partial charge in [-0.2, -0.15) is 0 Å². The minimum Gasteiger partial charge on any atom is -0.444 e. The molecular weight excluding hydrogens is 492 g/mol. The van der Waals surface area contributed by atoms with Crippen LogP contribution in [0.15, 0.2) is 79.3 Å². The van der Waals surface area contributed by atoms with E-state index in [2.05, 4.69) is 31.7 Å². The van der Waals surface area contributed by atoms with Crippen LogP contribution in [0.25, 0.3) is 33.5 Å². The Morgan fingerprint density at radius 3 is 2.56 bits per heavy atom. The minimum atomic E-state index is -0.652. The molecule has 3 N–H and O–H groups in total. The van der Waals surface area contributed by atoms with Crippen LogP contribution in [0.1, 0.15) is 48.3 Å². The number of aromatic amines is 1. The molecule has 1 atom stereocenters. The first-order valence-electron chi connectivity index (χ1n) is 12.6. The first-order valence-corrected chi connectivity index (χ1v) is 12.6. The summed E-state index contributed by atoms with van der Waals surface area (Å²) in [6.07, 6.45) is 4.32. The smallest absolute Gasteiger partial charge is 0.413 e. The van der Waals surface area contributed by atoms with Crippen LogP contribution in [-0.2, 0) is 4.74 Å². The third kappa shape index (κ3) is 4.70. The summed E-state index contributed by atoms with van der Waals surface area (Å²) in [5, 5.41) is 5.77. The Hall–Kier alpha value is -5.05. The molecule has 1 aliphatic rings. The number of carbonyl (C=O) groups is 2. The normalized spacial score (nSPS) is 14.0. The first kappa shape index (κ1) is 24.3. The number of rotatable bonds is 4. The maximum absolute atomic E-state index is 13.5. The van der Waals surface area contributed by atoms with Crippen molar-refractivity contribution >= 4 is 28.9 Å². The number of nitrogens with zero attached hydrogens (tertiary/aromatic N) is 3. The lowest BCUT2D eigenvalue weighted by molar-refractivity contribution is 0.0635. The average Bonchev–Trinajstić information content (AvgIpc) is 3.47. The molecule has 39 heavy (non-hydrogen) atoms. The van der Waals surface area contributed by atoms with Crippen LogP contribution < -0.4 is 10.6 Å². The van der Waals surface area contributed by atoms with Crippen LogP contribution in [0.2, 0.25) is 0 Å². The van der Waals surface area contributed by atoms with Crippen molar-refractivity contribution in [3.8, 4) is 22.5 Å². The molecule has 9 nitrogen and oxygen atoms in total. The third-order valence-electron chi connectivity index (χ3n) is 6.41. The number of benzene rings is 2. The minimum absolute atomic E-state index is 0.228. The molecule has 5 aromatic rings. The Morgan fingerprint density at radius 2 is 1.74 bits per heavy atom. The fourth-order valence-electron chi connectivity index (χ4n) is 4.86. The van der Waals surface area contributed by atoms with E-state index < -0.39 is 11.7 Å². The largest absolute Gasteiger partial charge is 0.444 e. The van der Waals surface area contributed by atoms with E-state index in [4.69, 9.17) is 9.72 Å². The number of ether oxygens (including phenoxy) is 1. The lowest BCUT2D eigenvalue weighted by Gasteiger charge is -2.19. The van der Waals surface area contributed by atoms with Gasteiger partial charge in [0.25, 0.3) is 5.91 Å². The summed E-state index contributed by atoms with van der Waals surface area (Å²) in [4.78, 5) is 42.1. The molecule has 0 bridgehead atoms. The van der Waals surface area contributed by atoms with E-state index in [0.717, 1.165) is 44.7 Å². The van der Waals surface area contributed by atoms with Gasteiger partial charge in [0.1, 0.15) is 17.2 Å². The van der Waals surface area contributed by atoms with Crippen molar-refractivity contribution in [1.29, 1.82) is 0 Å². The van der Waals surface area contributed by atoms with E-state index in [0.29, 0.717) is 5.56 Å². The second-order valence-electron chi connectivity index (χ2n) is 10.3. The second-order valence-corrected chi connectivity index (χ2v) is 10.3. The number of imidazole rings is 1. The highest BCUT2D eigenvalue weighted by molar-refractivity contribution is 5.98. The summed E-state index contributed by atoms with van der Waals surface area (Å²) in [6.45, 7) is 5.33. The number of anilines is 1. The van der Waals surface area contributed by atoms with Crippen LogP contribution in [0.5, 0.6) is 0 Å². The number of amides is 2. The highest BCUT2D eigenvalue weighted by atomic mass is 16.6. The van der Waals surface area contributed by atoms with E-state index >= 15 is 0 Å². The van der Waals surface area contributed by atoms with Gasteiger partial charge in [0.15, 0.2) is 0 Å². The van der Waals surface area contributed by atoms with Gasteiger partial charge < -0.3 is 15.0 Å². The summed E-state index contributed by atoms with van der Waals surface area (Å²) in [5.41, 5.74) is 6.37. The van der Waals surface area contributed by atoms with E-state index in [1.54, 1.807) is 39.2 Å². The number of fused-ring (bicyclic) bond motifs is 4. The third-order valence-corrected chi connectivity index (χ3v) is 6.41. The van der Waals surface area contributed by atoms with Gasteiger partial charge in [-0.1, -0.05) is 42.5 Å². The van der Waals surface area contributed by atoms with Crippen LogP contribution >= 0.6 is 0 Å². The maximum atomic E-state index is 13.5. The van der Waals surface area contributed by atoms with Crippen LogP contribution in [0.4, 0.5) is 10.6 Å². The Bertz CT molecular complexity index is 1700. The number of hydrogen-bond acceptors (Lipinski definition) is 6. The SMILES string of the molecule is CC(C)(C)OC(=O)Nc1cc(C(=O)N[C@@H]2c3ccccc3-c3c(-c4nc5ccncc5[nH]4)cccc32)ccn1. The maximum Gasteiger partial charge on any atom is 0.413 e. The van der Waals surface area contributed by atoms with Gasteiger partial charge in [-0.15, -0.1) is 0 Å². The highest BCUT2D eigenvalue weighted by Crippen LogP contribution is 2.47. The average molecular weight is 519 g/mol. The molecule has 1 aliphatic carbocycles. The van der Waals surface area contributed by atoms with E-state index in [1.165, 1.54) is 12.3 Å². The molecule has 194 valence electrons. The zero-order valence-electron chi connectivity index (χ0n) is 21.6. The topological polar surface area (TPSA) is 122 Å². The zero-order chi connectivity index (χ0) is 27.1. The number of hydrogen-bond donors (Lipinski definition) is 3. The standard InChI is InChI=1S/C30H26N6O3/c1-30(2,3)39-29(38)35-24-15-17(11-14-32-24)28(37)36-26-19-8-5-4-7-18(19)25-20(26)9-6-10-21(25)27-33-22-12-13-31-16-23(22)34-27/h4-16,26H,1-3H3,(H,33,34)(H,36,37)(H,32,35,38)/t26-/m1/s1. The highest BCUT2D eigenvalue weighted by Gasteiger charge is 2.32. The molecule has 0 spiro atoms. The quantitative estimate of drug-likeness (QED) is 0.274. The molecule has 9 heteroatoms. The van der Waals surface area contributed by atoms with Crippen LogP contribution in [0.3, 0.4) is 0 Å². The molecule has 0 saturated heterocycles. The van der Waals surface area contributed by atoms with Crippen molar-refractivity contribution < 1.29 is 14.3 Å². The fourth-order valence-corrected chi connectivity index (χ4v) is 4.86. The van der Waals surface area contributed by atoms with Crippen molar-refractivity contribution in [2.24, 2.45) is 0 Å². The molecule has 6 rings (SSSR count). The van der Waals surface area contributed by atoms with E-state index in [1.807, 2.05) is 42.5 Å². The first-order chi connectivity index (χ1) is 18.8. The van der Waals surface area contributed by atoms with E-state index in [9.17, 15) is 9.59 Å². The Balaban J connectivity index is 1.32. The molecule has 0 radical (unpaired) electrons. The lowest BCUT2D eigenvalue weighted by atomic mass is 9.98. The van der Waals surface area contributed by atoms with Crippen LogP contribution in [-0.4, -0.2) is 37.5 Å².